The lowest BCUT2D eigenvalue weighted by Gasteiger charge is -2.05. The van der Waals surface area contributed by atoms with Crippen LogP contribution in [0.4, 0.5) is 0 Å². The molecule has 0 aliphatic carbocycles. The van der Waals surface area contributed by atoms with Gasteiger partial charge in [-0.25, -0.2) is 0 Å². The van der Waals surface area contributed by atoms with Gasteiger partial charge in [-0.3, -0.25) is 4.98 Å². The van der Waals surface area contributed by atoms with Crippen molar-refractivity contribution in [1.82, 2.24) is 4.98 Å². The molecule has 0 spiro atoms. The molecule has 0 aliphatic rings. The van der Waals surface area contributed by atoms with E-state index in [0.717, 1.165) is 21.9 Å². The first-order valence-corrected chi connectivity index (χ1v) is 6.38. The van der Waals surface area contributed by atoms with Gasteiger partial charge in [-0.2, -0.15) is 5.26 Å². The fourth-order valence-corrected chi connectivity index (χ4v) is 2.26. The van der Waals surface area contributed by atoms with Crippen LogP contribution in [0.25, 0.3) is 22.4 Å². The van der Waals surface area contributed by atoms with Crippen molar-refractivity contribution >= 4 is 22.4 Å². The largest absolute Gasteiger partial charge is 0.265 e. The number of nitrogens with zero attached hydrogens (tertiary/aromatic N) is 2. The Morgan fingerprint density at radius 3 is 2.50 bits per heavy atom. The molecule has 1 aromatic heterocycles. The minimum Gasteiger partial charge on any atom is -0.265 e. The Bertz CT molecular complexity index is 806. The van der Waals surface area contributed by atoms with Crippen molar-refractivity contribution < 1.29 is 0 Å². The first-order chi connectivity index (χ1) is 9.88. The standard InChI is InChI=1S/C18H12N2/c19-13-16(12-14-8-10-20-11-9-14)18-7-3-5-15-4-1-2-6-17(15)18/h1-12H. The van der Waals surface area contributed by atoms with Crippen LogP contribution in [0.1, 0.15) is 11.1 Å². The van der Waals surface area contributed by atoms with E-state index in [2.05, 4.69) is 23.2 Å². The van der Waals surface area contributed by atoms with Gasteiger partial charge < -0.3 is 0 Å². The molecule has 20 heavy (non-hydrogen) atoms. The van der Waals surface area contributed by atoms with E-state index in [4.69, 9.17) is 0 Å². The summed E-state index contributed by atoms with van der Waals surface area (Å²) < 4.78 is 0. The lowest BCUT2D eigenvalue weighted by atomic mass is 9.97. The summed E-state index contributed by atoms with van der Waals surface area (Å²) >= 11 is 0. The van der Waals surface area contributed by atoms with E-state index in [9.17, 15) is 5.26 Å². The SMILES string of the molecule is N#CC(=Cc1ccncc1)c1cccc2ccccc12. The zero-order valence-corrected chi connectivity index (χ0v) is 10.8. The fourth-order valence-electron chi connectivity index (χ4n) is 2.26. The minimum absolute atomic E-state index is 0.660. The molecule has 0 saturated carbocycles. The van der Waals surface area contributed by atoms with Crippen LogP contribution in [-0.2, 0) is 0 Å². The van der Waals surface area contributed by atoms with Crippen LogP contribution in [0.2, 0.25) is 0 Å². The predicted molar refractivity (Wildman–Crippen MR) is 81.7 cm³/mol. The van der Waals surface area contributed by atoms with Gasteiger partial charge in [0, 0.05) is 18.0 Å². The summed E-state index contributed by atoms with van der Waals surface area (Å²) in [6.45, 7) is 0. The zero-order chi connectivity index (χ0) is 13.8. The number of hydrogen-bond acceptors (Lipinski definition) is 2. The Balaban J connectivity index is 2.18. The second-order valence-corrected chi connectivity index (χ2v) is 4.48. The summed E-state index contributed by atoms with van der Waals surface area (Å²) in [4.78, 5) is 3.99. The highest BCUT2D eigenvalue weighted by molar-refractivity contribution is 6.01. The molecular formula is C18H12N2. The highest BCUT2D eigenvalue weighted by atomic mass is 14.6. The normalized spacial score (nSPS) is 11.2. The highest BCUT2D eigenvalue weighted by Gasteiger charge is 2.05. The van der Waals surface area contributed by atoms with E-state index in [-0.39, 0.29) is 0 Å². The van der Waals surface area contributed by atoms with Gasteiger partial charge in [-0.1, -0.05) is 42.5 Å². The predicted octanol–water partition coefficient (Wildman–Crippen LogP) is 4.30. The molecule has 0 N–H and O–H groups in total. The van der Waals surface area contributed by atoms with E-state index in [1.807, 2.05) is 48.5 Å². The summed E-state index contributed by atoms with van der Waals surface area (Å²) in [6.07, 6.45) is 5.34. The lowest BCUT2D eigenvalue weighted by Crippen LogP contribution is -1.85. The molecule has 3 aromatic rings. The molecular weight excluding hydrogens is 244 g/mol. The molecule has 0 saturated heterocycles. The second kappa shape index (κ2) is 5.38. The molecule has 0 atom stereocenters. The number of nitriles is 1. The smallest absolute Gasteiger partial charge is 0.0998 e. The van der Waals surface area contributed by atoms with Crippen molar-refractivity contribution in [1.29, 1.82) is 5.26 Å². The second-order valence-electron chi connectivity index (χ2n) is 4.48. The molecule has 1 heterocycles. The van der Waals surface area contributed by atoms with E-state index >= 15 is 0 Å². The van der Waals surface area contributed by atoms with Gasteiger partial charge in [-0.15, -0.1) is 0 Å². The third-order valence-electron chi connectivity index (χ3n) is 3.22. The summed E-state index contributed by atoms with van der Waals surface area (Å²) in [5.41, 5.74) is 2.60. The van der Waals surface area contributed by atoms with Crippen molar-refractivity contribution in [3.63, 3.8) is 0 Å². The van der Waals surface area contributed by atoms with Crippen LogP contribution in [0.5, 0.6) is 0 Å². The lowest BCUT2D eigenvalue weighted by molar-refractivity contribution is 1.32. The molecule has 2 aromatic carbocycles. The number of aromatic nitrogens is 1. The molecule has 2 heteroatoms. The van der Waals surface area contributed by atoms with Gasteiger partial charge in [-0.05, 0) is 34.5 Å². The summed E-state index contributed by atoms with van der Waals surface area (Å²) in [5, 5.41) is 11.7. The average Bonchev–Trinajstić information content (AvgIpc) is 2.53. The van der Waals surface area contributed by atoms with Crippen LogP contribution in [0, 0.1) is 11.3 Å². The van der Waals surface area contributed by atoms with Crippen molar-refractivity contribution in [3.05, 3.63) is 78.1 Å². The van der Waals surface area contributed by atoms with Crippen molar-refractivity contribution in [2.75, 3.05) is 0 Å². The number of benzene rings is 2. The Kier molecular flexibility index (Phi) is 3.26. The maximum absolute atomic E-state index is 9.47. The van der Waals surface area contributed by atoms with E-state index in [1.165, 1.54) is 0 Å². The van der Waals surface area contributed by atoms with Gasteiger partial charge in [0.05, 0.1) is 11.6 Å². The number of allylic oxidation sites excluding steroid dienone is 1. The molecule has 0 bridgehead atoms. The van der Waals surface area contributed by atoms with Crippen molar-refractivity contribution in [2.24, 2.45) is 0 Å². The summed E-state index contributed by atoms with van der Waals surface area (Å²) in [7, 11) is 0. The van der Waals surface area contributed by atoms with Crippen LogP contribution < -0.4 is 0 Å². The van der Waals surface area contributed by atoms with Gasteiger partial charge in [0.1, 0.15) is 0 Å². The van der Waals surface area contributed by atoms with Crippen LogP contribution in [-0.4, -0.2) is 4.98 Å². The summed E-state index contributed by atoms with van der Waals surface area (Å²) in [5.74, 6) is 0. The third-order valence-corrected chi connectivity index (χ3v) is 3.22. The van der Waals surface area contributed by atoms with Gasteiger partial charge in [0.2, 0.25) is 0 Å². The van der Waals surface area contributed by atoms with Gasteiger partial charge in [0.25, 0.3) is 0 Å². The van der Waals surface area contributed by atoms with Crippen LogP contribution in [0.3, 0.4) is 0 Å². The Hall–Kier alpha value is -2.92. The average molecular weight is 256 g/mol. The number of fused-ring (bicyclic) bond motifs is 1. The Labute approximate surface area is 117 Å². The fraction of sp³-hybridized carbons (Fsp3) is 0. The monoisotopic (exact) mass is 256 g/mol. The molecule has 94 valence electrons. The zero-order valence-electron chi connectivity index (χ0n) is 10.8. The molecule has 3 rings (SSSR count). The molecule has 0 fully saturated rings. The van der Waals surface area contributed by atoms with E-state index < -0.39 is 0 Å². The first kappa shape index (κ1) is 12.1. The summed E-state index contributed by atoms with van der Waals surface area (Å²) in [6, 6.07) is 20.2. The number of rotatable bonds is 2. The minimum atomic E-state index is 0.660. The van der Waals surface area contributed by atoms with Crippen LogP contribution >= 0.6 is 0 Å². The maximum Gasteiger partial charge on any atom is 0.0998 e. The van der Waals surface area contributed by atoms with Crippen LogP contribution in [0.15, 0.2) is 67.0 Å². The quantitative estimate of drug-likeness (QED) is 0.641. The molecule has 0 amide bonds. The topological polar surface area (TPSA) is 36.7 Å². The van der Waals surface area contributed by atoms with E-state index in [0.29, 0.717) is 5.57 Å². The van der Waals surface area contributed by atoms with E-state index in [1.54, 1.807) is 12.4 Å². The molecule has 0 unspecified atom stereocenters. The van der Waals surface area contributed by atoms with Gasteiger partial charge >= 0.3 is 0 Å². The molecule has 2 nitrogen and oxygen atoms in total. The molecule has 0 aliphatic heterocycles. The maximum atomic E-state index is 9.47. The third kappa shape index (κ3) is 2.30. The Morgan fingerprint density at radius 2 is 1.70 bits per heavy atom. The van der Waals surface area contributed by atoms with Crippen molar-refractivity contribution in [3.8, 4) is 6.07 Å². The first-order valence-electron chi connectivity index (χ1n) is 6.38. The highest BCUT2D eigenvalue weighted by Crippen LogP contribution is 2.26. The number of pyridine rings is 1. The Morgan fingerprint density at radius 1 is 0.950 bits per heavy atom. The van der Waals surface area contributed by atoms with Gasteiger partial charge in [0.15, 0.2) is 0 Å². The molecule has 0 radical (unpaired) electrons. The number of hydrogen-bond donors (Lipinski definition) is 0. The van der Waals surface area contributed by atoms with Crippen molar-refractivity contribution in [2.45, 2.75) is 0 Å².